The number of hydrogen-bond acceptors (Lipinski definition) is 5. The number of aromatic nitrogens is 2. The average Bonchev–Trinajstić information content (AvgIpc) is 3.10. The van der Waals surface area contributed by atoms with Crippen molar-refractivity contribution in [2.75, 3.05) is 25.1 Å². The lowest BCUT2D eigenvalue weighted by Crippen LogP contribution is -2.23. The fourth-order valence-electron chi connectivity index (χ4n) is 3.08. The summed E-state index contributed by atoms with van der Waals surface area (Å²) in [6.45, 7) is -1.48. The van der Waals surface area contributed by atoms with Crippen LogP contribution in [-0.4, -0.2) is 47.4 Å². The van der Waals surface area contributed by atoms with E-state index in [0.29, 0.717) is 16.6 Å². The van der Waals surface area contributed by atoms with Crippen LogP contribution in [0.3, 0.4) is 0 Å². The number of benzene rings is 2. The van der Waals surface area contributed by atoms with E-state index >= 15 is 0 Å². The topological polar surface area (TPSA) is 96.4 Å². The first kappa shape index (κ1) is 18.7. The Morgan fingerprint density at radius 1 is 1.17 bits per heavy atom. The number of rotatable bonds is 4. The number of nitrogens with one attached hydrogen (secondary N) is 2. The number of Topliss-reactive ketones (excluding diaryl/α,β-unsaturated/α-hetero) is 1. The molecule has 1 aliphatic rings. The second-order valence-electron chi connectivity index (χ2n) is 6.13. The molecule has 3 aromatic rings. The zero-order valence-corrected chi connectivity index (χ0v) is 14.8. The zero-order chi connectivity index (χ0) is 20.5. The van der Waals surface area contributed by atoms with Gasteiger partial charge in [0, 0.05) is 11.1 Å². The summed E-state index contributed by atoms with van der Waals surface area (Å²) >= 11 is 0. The predicted octanol–water partition coefficient (Wildman–Crippen LogP) is 3.39. The van der Waals surface area contributed by atoms with Crippen molar-refractivity contribution in [2.24, 2.45) is 4.99 Å². The van der Waals surface area contributed by atoms with Crippen LogP contribution >= 0.6 is 0 Å². The molecule has 0 aliphatic carbocycles. The summed E-state index contributed by atoms with van der Waals surface area (Å²) in [4.78, 5) is 34.6. The maximum atomic E-state index is 14.4. The van der Waals surface area contributed by atoms with Gasteiger partial charge in [0.05, 0.1) is 22.3 Å². The van der Waals surface area contributed by atoms with Crippen LogP contribution in [-0.2, 0) is 4.74 Å². The molecule has 4 rings (SSSR count). The van der Waals surface area contributed by atoms with E-state index in [4.69, 9.17) is 0 Å². The maximum absolute atomic E-state index is 14.4. The van der Waals surface area contributed by atoms with Crippen molar-refractivity contribution >= 4 is 34.6 Å². The SMILES string of the molecule is O=C(Nc1nc2ccc(C3=NCC(=O)c4c(F)ccc(F)c43)cc2[nH]1)OCCF. The summed E-state index contributed by atoms with van der Waals surface area (Å²) in [5.41, 5.74) is 1.02. The number of alkyl halides is 1. The Balaban J connectivity index is 1.70. The number of aliphatic imine (C=N–C) groups is 1. The highest BCUT2D eigenvalue weighted by Gasteiger charge is 2.28. The van der Waals surface area contributed by atoms with E-state index in [9.17, 15) is 22.8 Å². The van der Waals surface area contributed by atoms with Gasteiger partial charge in [-0.15, -0.1) is 0 Å². The van der Waals surface area contributed by atoms with Gasteiger partial charge in [0.2, 0.25) is 5.95 Å². The minimum Gasteiger partial charge on any atom is -0.446 e. The molecule has 2 aromatic carbocycles. The Kier molecular flexibility index (Phi) is 4.75. The smallest absolute Gasteiger partial charge is 0.414 e. The largest absolute Gasteiger partial charge is 0.446 e. The number of carbonyl (C=O) groups is 2. The lowest BCUT2D eigenvalue weighted by molar-refractivity contribution is 0.0995. The van der Waals surface area contributed by atoms with Crippen molar-refractivity contribution in [3.63, 3.8) is 0 Å². The van der Waals surface area contributed by atoms with Crippen LogP contribution in [0.1, 0.15) is 21.5 Å². The first-order valence-electron chi connectivity index (χ1n) is 8.54. The van der Waals surface area contributed by atoms with Crippen LogP contribution in [0.4, 0.5) is 23.9 Å². The number of fused-ring (bicyclic) bond motifs is 2. The van der Waals surface area contributed by atoms with E-state index in [-0.39, 0.29) is 35.9 Å². The van der Waals surface area contributed by atoms with Gasteiger partial charge in [0.15, 0.2) is 5.78 Å². The fourth-order valence-corrected chi connectivity index (χ4v) is 3.08. The van der Waals surface area contributed by atoms with Gasteiger partial charge in [-0.25, -0.2) is 22.9 Å². The molecular weight excluding hydrogens is 389 g/mol. The molecule has 1 aromatic heterocycles. The van der Waals surface area contributed by atoms with Gasteiger partial charge in [0.25, 0.3) is 0 Å². The number of anilines is 1. The molecule has 0 atom stereocenters. The fraction of sp³-hybridized carbons (Fsp3) is 0.158. The van der Waals surface area contributed by atoms with Crippen molar-refractivity contribution in [3.8, 4) is 0 Å². The molecule has 10 heteroatoms. The molecule has 0 radical (unpaired) electrons. The van der Waals surface area contributed by atoms with Gasteiger partial charge in [-0.2, -0.15) is 0 Å². The molecule has 29 heavy (non-hydrogen) atoms. The van der Waals surface area contributed by atoms with E-state index in [2.05, 4.69) is 25.0 Å². The molecule has 1 aliphatic heterocycles. The highest BCUT2D eigenvalue weighted by molar-refractivity contribution is 6.22. The van der Waals surface area contributed by atoms with Crippen molar-refractivity contribution < 1.29 is 27.5 Å². The van der Waals surface area contributed by atoms with Gasteiger partial charge in [-0.3, -0.25) is 15.1 Å². The van der Waals surface area contributed by atoms with Gasteiger partial charge in [-0.05, 0) is 24.3 Å². The summed E-state index contributed by atoms with van der Waals surface area (Å²) in [7, 11) is 0. The number of aromatic amines is 1. The predicted molar refractivity (Wildman–Crippen MR) is 98.2 cm³/mol. The molecular formula is C19H13F3N4O3. The number of halogens is 3. The highest BCUT2D eigenvalue weighted by atomic mass is 19.1. The first-order chi connectivity index (χ1) is 14.0. The Hall–Kier alpha value is -3.69. The number of imidazole rings is 1. The lowest BCUT2D eigenvalue weighted by Gasteiger charge is -2.17. The molecule has 2 heterocycles. The van der Waals surface area contributed by atoms with Gasteiger partial charge in [-0.1, -0.05) is 6.07 Å². The molecule has 0 saturated heterocycles. The lowest BCUT2D eigenvalue weighted by atomic mass is 9.91. The zero-order valence-electron chi connectivity index (χ0n) is 14.8. The van der Waals surface area contributed by atoms with E-state index in [1.54, 1.807) is 18.2 Å². The Labute approximate surface area is 161 Å². The minimum absolute atomic E-state index is 0.0689. The van der Waals surface area contributed by atoms with Crippen molar-refractivity contribution in [2.45, 2.75) is 0 Å². The van der Waals surface area contributed by atoms with Crippen LogP contribution in [0.25, 0.3) is 11.0 Å². The summed E-state index contributed by atoms with van der Waals surface area (Å²) in [5.74, 6) is -2.09. The monoisotopic (exact) mass is 402 g/mol. The molecule has 0 fully saturated rings. The average molecular weight is 402 g/mol. The van der Waals surface area contributed by atoms with Crippen LogP contribution < -0.4 is 5.32 Å². The summed E-state index contributed by atoms with van der Waals surface area (Å²) in [6.07, 6.45) is -0.872. The number of amides is 1. The van der Waals surface area contributed by atoms with Crippen molar-refractivity contribution in [3.05, 3.63) is 58.7 Å². The van der Waals surface area contributed by atoms with E-state index in [0.717, 1.165) is 12.1 Å². The second kappa shape index (κ2) is 7.38. The molecule has 7 nitrogen and oxygen atoms in total. The van der Waals surface area contributed by atoms with Gasteiger partial charge < -0.3 is 9.72 Å². The normalized spacial score (nSPS) is 13.2. The molecule has 1 amide bonds. The first-order valence-corrected chi connectivity index (χ1v) is 8.54. The second-order valence-corrected chi connectivity index (χ2v) is 6.13. The van der Waals surface area contributed by atoms with Crippen molar-refractivity contribution in [1.29, 1.82) is 0 Å². The molecule has 2 N–H and O–H groups in total. The third-order valence-corrected chi connectivity index (χ3v) is 4.29. The van der Waals surface area contributed by atoms with Crippen molar-refractivity contribution in [1.82, 2.24) is 9.97 Å². The standard InChI is InChI=1S/C19H13F3N4O3/c20-5-6-29-19(28)26-18-24-12-4-1-9(7-13(12)25-18)17-16-11(22)3-2-10(21)15(16)14(27)8-23-17/h1-4,7H,5-6,8H2,(H2,24,25,26,28). The van der Waals surface area contributed by atoms with E-state index < -0.39 is 30.2 Å². The minimum atomic E-state index is -0.872. The van der Waals surface area contributed by atoms with E-state index in [1.165, 1.54) is 0 Å². The summed E-state index contributed by atoms with van der Waals surface area (Å²) in [6, 6.07) is 6.63. The maximum Gasteiger partial charge on any atom is 0.414 e. The van der Waals surface area contributed by atoms with Crippen LogP contribution in [0.2, 0.25) is 0 Å². The number of carbonyl (C=O) groups excluding carboxylic acids is 2. The third-order valence-electron chi connectivity index (χ3n) is 4.29. The summed E-state index contributed by atoms with van der Waals surface area (Å²) in [5, 5.41) is 2.32. The number of ketones is 1. The van der Waals surface area contributed by atoms with Crippen LogP contribution in [0.15, 0.2) is 35.3 Å². The molecule has 0 unspecified atom stereocenters. The number of ether oxygens (including phenoxy) is 1. The van der Waals surface area contributed by atoms with Crippen LogP contribution in [0, 0.1) is 11.6 Å². The third kappa shape index (κ3) is 3.44. The quantitative estimate of drug-likeness (QED) is 0.699. The van der Waals surface area contributed by atoms with E-state index in [1.807, 2.05) is 0 Å². The Morgan fingerprint density at radius 3 is 2.69 bits per heavy atom. The van der Waals surface area contributed by atoms with Gasteiger partial charge >= 0.3 is 6.09 Å². The number of nitrogens with zero attached hydrogens (tertiary/aromatic N) is 2. The number of H-pyrrole nitrogens is 1. The number of hydrogen-bond donors (Lipinski definition) is 2. The summed E-state index contributed by atoms with van der Waals surface area (Å²) < 4.78 is 45.2. The molecule has 0 spiro atoms. The van der Waals surface area contributed by atoms with Crippen LogP contribution in [0.5, 0.6) is 0 Å². The highest BCUT2D eigenvalue weighted by Crippen LogP contribution is 2.27. The molecule has 0 bridgehead atoms. The Bertz CT molecular complexity index is 1170. The molecule has 0 saturated carbocycles. The van der Waals surface area contributed by atoms with Gasteiger partial charge in [0.1, 0.15) is 31.5 Å². The molecule has 148 valence electrons. The Morgan fingerprint density at radius 2 is 1.93 bits per heavy atom.